The summed E-state index contributed by atoms with van der Waals surface area (Å²) in [6.07, 6.45) is 1.39. The van der Waals surface area contributed by atoms with E-state index in [1.165, 1.54) is 0 Å². The van der Waals surface area contributed by atoms with E-state index in [1.807, 2.05) is 35.8 Å². The van der Waals surface area contributed by atoms with E-state index in [9.17, 15) is 4.79 Å². The van der Waals surface area contributed by atoms with Crippen LogP contribution in [-0.2, 0) is 6.54 Å². The molecule has 0 spiro atoms. The number of rotatable bonds is 5. The fourth-order valence-corrected chi connectivity index (χ4v) is 2.92. The van der Waals surface area contributed by atoms with Crippen molar-refractivity contribution in [3.63, 3.8) is 0 Å². The highest BCUT2D eigenvalue weighted by atomic mass is 16.3. The molecule has 0 fully saturated rings. The van der Waals surface area contributed by atoms with Gasteiger partial charge >= 0.3 is 0 Å². The van der Waals surface area contributed by atoms with Crippen molar-refractivity contribution in [3.8, 4) is 11.1 Å². The highest BCUT2D eigenvalue weighted by Crippen LogP contribution is 2.20. The molecule has 2 aromatic rings. The van der Waals surface area contributed by atoms with Gasteiger partial charge in [0.05, 0.1) is 10.9 Å². The van der Waals surface area contributed by atoms with Gasteiger partial charge in [0.2, 0.25) is 0 Å². The molecule has 0 bridgehead atoms. The molecule has 0 amide bonds. The fourth-order valence-electron chi connectivity index (χ4n) is 2.92. The predicted octanol–water partition coefficient (Wildman–Crippen LogP) is -0.137. The number of carbonyl (C=O) groups is 1. The number of nitrogens with two attached hydrogens (primary N) is 1. The quantitative estimate of drug-likeness (QED) is 0.670. The molecule has 6 nitrogen and oxygen atoms in total. The lowest BCUT2D eigenvalue weighted by molar-refractivity contribution is 0.111. The Balaban J connectivity index is 2.35. The van der Waals surface area contributed by atoms with Crippen molar-refractivity contribution in [1.82, 2.24) is 9.88 Å². The zero-order valence-corrected chi connectivity index (χ0v) is 13.0. The normalized spacial score (nSPS) is 13.2. The van der Waals surface area contributed by atoms with Crippen LogP contribution in [-0.4, -0.2) is 29.2 Å². The largest absolute Gasteiger partial charge is 0.396 e. The minimum Gasteiger partial charge on any atom is -0.396 e. The number of aryl methyl sites for hydroxylation is 1. The Bertz CT molecular complexity index is 850. The maximum atomic E-state index is 11.8. The molecule has 0 aliphatic carbocycles. The van der Waals surface area contributed by atoms with Crippen molar-refractivity contribution in [2.45, 2.75) is 19.9 Å². The summed E-state index contributed by atoms with van der Waals surface area (Å²) >= 11 is 0. The number of aldehydes is 1. The number of nitrogens with one attached hydrogen (secondary N) is 1. The number of benzene rings is 1. The summed E-state index contributed by atoms with van der Waals surface area (Å²) in [6.45, 7) is 2.98. The summed E-state index contributed by atoms with van der Waals surface area (Å²) in [6, 6.07) is 7.97. The van der Waals surface area contributed by atoms with Gasteiger partial charge in [0.1, 0.15) is 18.0 Å². The maximum Gasteiger partial charge on any atom is 0.167 e. The second kappa shape index (κ2) is 6.26. The van der Waals surface area contributed by atoms with Gasteiger partial charge in [-0.2, -0.15) is 0 Å². The van der Waals surface area contributed by atoms with Gasteiger partial charge in [0, 0.05) is 18.7 Å². The Labute approximate surface area is 134 Å². The van der Waals surface area contributed by atoms with E-state index in [0.717, 1.165) is 28.2 Å². The van der Waals surface area contributed by atoms with Crippen molar-refractivity contribution in [1.29, 1.82) is 0 Å². The van der Waals surface area contributed by atoms with Gasteiger partial charge in [-0.1, -0.05) is 29.8 Å². The minimum atomic E-state index is 0.0581. The third-order valence-corrected chi connectivity index (χ3v) is 4.04. The van der Waals surface area contributed by atoms with Crippen LogP contribution in [0.15, 0.2) is 29.3 Å². The molecule has 2 heterocycles. The van der Waals surface area contributed by atoms with Crippen LogP contribution in [0.1, 0.15) is 22.5 Å². The fraction of sp³-hybridized carbons (Fsp3) is 0.294. The summed E-state index contributed by atoms with van der Waals surface area (Å²) < 4.78 is 1.85. The molecule has 1 aromatic carbocycles. The third-order valence-electron chi connectivity index (χ3n) is 4.04. The molecule has 1 aromatic heterocycles. The van der Waals surface area contributed by atoms with Crippen LogP contribution >= 0.6 is 0 Å². The molecule has 6 heteroatoms. The maximum absolute atomic E-state index is 11.8. The smallest absolute Gasteiger partial charge is 0.167 e. The number of hydrogen-bond donors (Lipinski definition) is 3. The van der Waals surface area contributed by atoms with E-state index in [0.29, 0.717) is 36.6 Å². The van der Waals surface area contributed by atoms with Crippen molar-refractivity contribution < 1.29 is 9.90 Å². The molecule has 23 heavy (non-hydrogen) atoms. The van der Waals surface area contributed by atoms with Gasteiger partial charge in [-0.3, -0.25) is 4.79 Å². The van der Waals surface area contributed by atoms with E-state index in [2.05, 4.69) is 10.3 Å². The number of aliphatic hydroxyl groups is 1. The average molecular weight is 312 g/mol. The highest BCUT2D eigenvalue weighted by Gasteiger charge is 2.20. The molecule has 4 N–H and O–H groups in total. The van der Waals surface area contributed by atoms with Crippen LogP contribution in [0.5, 0.6) is 0 Å². The van der Waals surface area contributed by atoms with Crippen LogP contribution in [0.3, 0.4) is 0 Å². The standard InChI is InChI=1S/C17H20N4O2/c1-11-3-5-12(6-4-11)14-13(9-23)21(7-2-8-22)17-15(14)16(18)19-10-20-17/h3-6,9,19,22H,2,7-8,10,18H2,1H3. The van der Waals surface area contributed by atoms with Crippen LogP contribution < -0.4 is 21.8 Å². The zero-order valence-electron chi connectivity index (χ0n) is 13.0. The summed E-state index contributed by atoms with van der Waals surface area (Å²) in [7, 11) is 0. The van der Waals surface area contributed by atoms with E-state index in [-0.39, 0.29) is 6.61 Å². The molecule has 0 atom stereocenters. The zero-order chi connectivity index (χ0) is 16.4. The molecule has 120 valence electrons. The predicted molar refractivity (Wildman–Crippen MR) is 88.1 cm³/mol. The number of aliphatic hydroxyl groups excluding tert-OH is 1. The monoisotopic (exact) mass is 312 g/mol. The van der Waals surface area contributed by atoms with Gasteiger partial charge in [-0.15, -0.1) is 0 Å². The van der Waals surface area contributed by atoms with Gasteiger partial charge in [0.25, 0.3) is 0 Å². The lowest BCUT2D eigenvalue weighted by atomic mass is 10.0. The molecule has 0 unspecified atom stereocenters. The summed E-state index contributed by atoms with van der Waals surface area (Å²) in [5.74, 6) is 0.524. The molecular formula is C17H20N4O2. The number of carbonyl (C=O) groups excluding carboxylic acids is 1. The first kappa shape index (κ1) is 15.3. The number of aromatic nitrogens is 1. The van der Waals surface area contributed by atoms with Crippen LogP contribution in [0.4, 0.5) is 0 Å². The summed E-state index contributed by atoms with van der Waals surface area (Å²) in [5.41, 5.74) is 10.3. The second-order valence-corrected chi connectivity index (χ2v) is 5.58. The van der Waals surface area contributed by atoms with Crippen LogP contribution in [0.25, 0.3) is 16.9 Å². The highest BCUT2D eigenvalue weighted by molar-refractivity contribution is 5.87. The molecule has 1 aliphatic rings. The first-order chi connectivity index (χ1) is 11.2. The Kier molecular flexibility index (Phi) is 4.16. The van der Waals surface area contributed by atoms with E-state index in [1.54, 1.807) is 0 Å². The van der Waals surface area contributed by atoms with Crippen molar-refractivity contribution in [3.05, 3.63) is 46.2 Å². The van der Waals surface area contributed by atoms with Crippen molar-refractivity contribution >= 4 is 12.1 Å². The molecule has 0 radical (unpaired) electrons. The molecule has 1 aliphatic heterocycles. The topological polar surface area (TPSA) is 92.6 Å². The Hall–Kier alpha value is -2.60. The summed E-state index contributed by atoms with van der Waals surface area (Å²) in [4.78, 5) is 16.3. The van der Waals surface area contributed by atoms with Gasteiger partial charge < -0.3 is 20.7 Å². The number of fused-ring (bicyclic) bond motifs is 1. The molecule has 0 saturated carbocycles. The average Bonchev–Trinajstić information content (AvgIpc) is 2.88. The molecular weight excluding hydrogens is 292 g/mol. The number of hydrogen-bond acceptors (Lipinski definition) is 5. The second-order valence-electron chi connectivity index (χ2n) is 5.58. The summed E-state index contributed by atoms with van der Waals surface area (Å²) in [5, 5.41) is 12.9. The lowest BCUT2D eigenvalue weighted by Gasteiger charge is -2.08. The van der Waals surface area contributed by atoms with Gasteiger partial charge in [-0.25, -0.2) is 4.99 Å². The first-order valence-electron chi connectivity index (χ1n) is 7.61. The van der Waals surface area contributed by atoms with Gasteiger partial charge in [0.15, 0.2) is 6.29 Å². The van der Waals surface area contributed by atoms with E-state index < -0.39 is 0 Å². The SMILES string of the molecule is Cc1ccc(-c2c(C=O)n(CCCO)c3c2=C(N)NCN=3)cc1. The van der Waals surface area contributed by atoms with Crippen LogP contribution in [0.2, 0.25) is 0 Å². The first-order valence-corrected chi connectivity index (χ1v) is 7.61. The molecule has 0 saturated heterocycles. The van der Waals surface area contributed by atoms with Crippen molar-refractivity contribution in [2.75, 3.05) is 13.3 Å². The Morgan fingerprint density at radius 3 is 2.78 bits per heavy atom. The van der Waals surface area contributed by atoms with Gasteiger partial charge in [-0.05, 0) is 18.9 Å². The molecule has 3 rings (SSSR count). The van der Waals surface area contributed by atoms with Crippen LogP contribution in [0, 0.1) is 6.92 Å². The van der Waals surface area contributed by atoms with E-state index in [4.69, 9.17) is 10.8 Å². The van der Waals surface area contributed by atoms with E-state index >= 15 is 0 Å². The third kappa shape index (κ3) is 2.61. The number of nitrogens with zero attached hydrogens (tertiary/aromatic N) is 2. The Morgan fingerprint density at radius 1 is 1.39 bits per heavy atom. The lowest BCUT2D eigenvalue weighted by Crippen LogP contribution is -2.43. The minimum absolute atomic E-state index is 0.0581. The van der Waals surface area contributed by atoms with Crippen molar-refractivity contribution in [2.24, 2.45) is 10.7 Å². The Morgan fingerprint density at radius 2 is 2.13 bits per heavy atom.